The van der Waals surface area contributed by atoms with E-state index in [9.17, 15) is 4.79 Å². The van der Waals surface area contributed by atoms with Crippen molar-refractivity contribution in [3.63, 3.8) is 0 Å². The molecule has 2 aliphatic rings. The molecule has 0 spiro atoms. The summed E-state index contributed by atoms with van der Waals surface area (Å²) in [6.07, 6.45) is 8.37. The second kappa shape index (κ2) is 7.26. The Kier molecular flexibility index (Phi) is 4.59. The molecule has 3 aromatic rings. The molecule has 150 valence electrons. The van der Waals surface area contributed by atoms with E-state index in [0.29, 0.717) is 17.6 Å². The van der Waals surface area contributed by atoms with Gasteiger partial charge in [-0.15, -0.1) is 0 Å². The molecule has 3 atom stereocenters. The number of nitrogens with zero attached hydrogens (tertiary/aromatic N) is 4. The number of carbonyl (C=O) groups excluding carboxylic acids is 1. The van der Waals surface area contributed by atoms with Gasteiger partial charge in [-0.05, 0) is 51.8 Å². The maximum absolute atomic E-state index is 13.3. The Hall–Kier alpha value is -2.73. The van der Waals surface area contributed by atoms with Crippen molar-refractivity contribution < 1.29 is 4.79 Å². The van der Waals surface area contributed by atoms with Crippen molar-refractivity contribution in [1.82, 2.24) is 25.0 Å². The van der Waals surface area contributed by atoms with E-state index in [0.717, 1.165) is 41.5 Å². The average Bonchev–Trinajstić information content (AvgIpc) is 3.28. The average molecular weight is 390 g/mol. The molecule has 2 saturated heterocycles. The van der Waals surface area contributed by atoms with Crippen LogP contribution in [0.4, 0.5) is 0 Å². The molecule has 29 heavy (non-hydrogen) atoms. The lowest BCUT2D eigenvalue weighted by atomic mass is 9.97. The first kappa shape index (κ1) is 18.3. The molecule has 5 rings (SSSR count). The van der Waals surface area contributed by atoms with Gasteiger partial charge in [0.15, 0.2) is 0 Å². The number of benzene rings is 1. The third kappa shape index (κ3) is 3.31. The maximum Gasteiger partial charge on any atom is 0.252 e. The number of pyridine rings is 1. The minimum absolute atomic E-state index is 0.00156. The maximum atomic E-state index is 13.3. The smallest absolute Gasteiger partial charge is 0.252 e. The number of rotatable bonds is 4. The van der Waals surface area contributed by atoms with Crippen LogP contribution in [0.2, 0.25) is 0 Å². The molecule has 2 bridgehead atoms. The molecule has 2 aliphatic heterocycles. The summed E-state index contributed by atoms with van der Waals surface area (Å²) in [5, 5.41) is 8.59. The second-order valence-electron chi connectivity index (χ2n) is 8.35. The fourth-order valence-electron chi connectivity index (χ4n) is 4.97. The second-order valence-corrected chi connectivity index (χ2v) is 8.35. The van der Waals surface area contributed by atoms with Crippen LogP contribution in [0.5, 0.6) is 0 Å². The quantitative estimate of drug-likeness (QED) is 0.742. The minimum atomic E-state index is 0.00156. The first-order valence-electron chi connectivity index (χ1n) is 10.6. The molecular formula is C23H27N5O. The Balaban J connectivity index is 1.47. The van der Waals surface area contributed by atoms with Gasteiger partial charge in [-0.25, -0.2) is 4.98 Å². The van der Waals surface area contributed by atoms with Gasteiger partial charge in [-0.2, -0.15) is 5.10 Å². The van der Waals surface area contributed by atoms with Crippen LogP contribution in [0, 0.1) is 0 Å². The number of hydrogen-bond donors (Lipinski definition) is 1. The van der Waals surface area contributed by atoms with Crippen LogP contribution in [0.1, 0.15) is 43.0 Å². The van der Waals surface area contributed by atoms with Gasteiger partial charge in [0, 0.05) is 41.8 Å². The Labute approximate surface area is 170 Å². The lowest BCUT2D eigenvalue weighted by Gasteiger charge is -2.36. The molecule has 6 nitrogen and oxygen atoms in total. The summed E-state index contributed by atoms with van der Waals surface area (Å²) >= 11 is 0. The van der Waals surface area contributed by atoms with Crippen LogP contribution in [-0.2, 0) is 6.54 Å². The van der Waals surface area contributed by atoms with Crippen molar-refractivity contribution in [3.05, 3.63) is 48.3 Å². The predicted molar refractivity (Wildman–Crippen MR) is 114 cm³/mol. The number of carbonyl (C=O) groups is 1. The standard InChI is InChI=1S/C23H27N5O/c1-3-28-14-15(13-24-28)22-12-20(19-6-4-5-7-21(19)26-22)23(29)25-16-10-17-8-9-18(11-16)27(17)2/h4-7,12-14,16-18H,3,8-11H2,1-2H3,(H,25,29)/t16?,17-,18+. The summed E-state index contributed by atoms with van der Waals surface area (Å²) < 4.78 is 1.88. The monoisotopic (exact) mass is 389 g/mol. The van der Waals surface area contributed by atoms with Gasteiger partial charge >= 0.3 is 0 Å². The Morgan fingerprint density at radius 1 is 1.21 bits per heavy atom. The highest BCUT2D eigenvalue weighted by atomic mass is 16.1. The fourth-order valence-corrected chi connectivity index (χ4v) is 4.97. The zero-order chi connectivity index (χ0) is 20.0. The topological polar surface area (TPSA) is 63.1 Å². The zero-order valence-corrected chi connectivity index (χ0v) is 17.0. The minimum Gasteiger partial charge on any atom is -0.349 e. The summed E-state index contributed by atoms with van der Waals surface area (Å²) in [5.74, 6) is 0.00156. The summed E-state index contributed by atoms with van der Waals surface area (Å²) in [5.41, 5.74) is 3.25. The molecule has 0 saturated carbocycles. The van der Waals surface area contributed by atoms with Crippen molar-refractivity contribution >= 4 is 16.8 Å². The third-order valence-electron chi connectivity index (χ3n) is 6.65. The van der Waals surface area contributed by atoms with E-state index in [-0.39, 0.29) is 11.9 Å². The Bertz CT molecular complexity index is 1040. The number of aryl methyl sites for hydroxylation is 1. The molecule has 1 aromatic carbocycles. The van der Waals surface area contributed by atoms with Crippen molar-refractivity contribution in [3.8, 4) is 11.3 Å². The Morgan fingerprint density at radius 2 is 1.97 bits per heavy atom. The van der Waals surface area contributed by atoms with Crippen LogP contribution < -0.4 is 5.32 Å². The molecule has 1 unspecified atom stereocenters. The van der Waals surface area contributed by atoms with Gasteiger partial charge in [0.2, 0.25) is 0 Å². The third-order valence-corrected chi connectivity index (χ3v) is 6.65. The van der Waals surface area contributed by atoms with Crippen LogP contribution in [-0.4, -0.2) is 50.7 Å². The van der Waals surface area contributed by atoms with Gasteiger partial charge in [-0.3, -0.25) is 9.48 Å². The number of para-hydroxylation sites is 1. The number of hydrogen-bond acceptors (Lipinski definition) is 4. The highest BCUT2D eigenvalue weighted by Gasteiger charge is 2.38. The number of aromatic nitrogens is 3. The molecular weight excluding hydrogens is 362 g/mol. The van der Waals surface area contributed by atoms with E-state index in [4.69, 9.17) is 4.98 Å². The van der Waals surface area contributed by atoms with Gasteiger partial charge in [0.25, 0.3) is 5.91 Å². The summed E-state index contributed by atoms with van der Waals surface area (Å²) in [4.78, 5) is 20.6. The molecule has 0 radical (unpaired) electrons. The van der Waals surface area contributed by atoms with Crippen molar-refractivity contribution in [2.45, 2.75) is 57.3 Å². The number of nitrogens with one attached hydrogen (secondary N) is 1. The first-order valence-corrected chi connectivity index (χ1v) is 10.6. The number of amides is 1. The van der Waals surface area contributed by atoms with Crippen molar-refractivity contribution in [2.75, 3.05) is 7.05 Å². The van der Waals surface area contributed by atoms with Crippen molar-refractivity contribution in [1.29, 1.82) is 0 Å². The van der Waals surface area contributed by atoms with Crippen LogP contribution in [0.3, 0.4) is 0 Å². The van der Waals surface area contributed by atoms with E-state index >= 15 is 0 Å². The lowest BCUT2D eigenvalue weighted by Crippen LogP contribution is -2.48. The normalized spacial score (nSPS) is 24.1. The molecule has 1 amide bonds. The predicted octanol–water partition coefficient (Wildman–Crippen LogP) is 3.47. The first-order chi connectivity index (χ1) is 14.1. The number of piperidine rings is 1. The van der Waals surface area contributed by atoms with E-state index in [1.54, 1.807) is 0 Å². The molecule has 2 aromatic heterocycles. The van der Waals surface area contributed by atoms with E-state index in [2.05, 4.69) is 29.3 Å². The van der Waals surface area contributed by atoms with E-state index in [1.807, 2.05) is 47.4 Å². The number of fused-ring (bicyclic) bond motifs is 3. The van der Waals surface area contributed by atoms with Crippen LogP contribution in [0.25, 0.3) is 22.2 Å². The molecule has 4 heterocycles. The van der Waals surface area contributed by atoms with Gasteiger partial charge in [0.05, 0.1) is 23.0 Å². The van der Waals surface area contributed by atoms with Gasteiger partial charge < -0.3 is 10.2 Å². The highest BCUT2D eigenvalue weighted by molar-refractivity contribution is 6.07. The van der Waals surface area contributed by atoms with Crippen LogP contribution in [0.15, 0.2) is 42.7 Å². The molecule has 0 aliphatic carbocycles. The molecule has 6 heteroatoms. The van der Waals surface area contributed by atoms with Crippen molar-refractivity contribution in [2.24, 2.45) is 0 Å². The van der Waals surface area contributed by atoms with Gasteiger partial charge in [0.1, 0.15) is 0 Å². The van der Waals surface area contributed by atoms with Crippen LogP contribution >= 0.6 is 0 Å². The summed E-state index contributed by atoms with van der Waals surface area (Å²) in [6, 6.07) is 11.2. The fraction of sp³-hybridized carbons (Fsp3) is 0.435. The Morgan fingerprint density at radius 3 is 2.69 bits per heavy atom. The summed E-state index contributed by atoms with van der Waals surface area (Å²) in [6.45, 7) is 2.86. The van der Waals surface area contributed by atoms with Gasteiger partial charge in [-0.1, -0.05) is 18.2 Å². The SMILES string of the molecule is CCn1cc(-c2cc(C(=O)NC3C[C@H]4CC[C@@H](C3)N4C)c3ccccc3n2)cn1. The van der Waals surface area contributed by atoms with E-state index in [1.165, 1.54) is 12.8 Å². The largest absolute Gasteiger partial charge is 0.349 e. The summed E-state index contributed by atoms with van der Waals surface area (Å²) in [7, 11) is 2.22. The zero-order valence-electron chi connectivity index (χ0n) is 17.0. The molecule has 1 N–H and O–H groups in total. The highest BCUT2D eigenvalue weighted by Crippen LogP contribution is 2.34. The lowest BCUT2D eigenvalue weighted by molar-refractivity contribution is 0.0884. The molecule has 2 fully saturated rings. The van der Waals surface area contributed by atoms with E-state index < -0.39 is 0 Å².